The van der Waals surface area contributed by atoms with E-state index in [0.717, 1.165) is 5.56 Å². The number of amides is 4. The van der Waals surface area contributed by atoms with Crippen molar-refractivity contribution in [3.63, 3.8) is 0 Å². The second-order valence-electron chi connectivity index (χ2n) is 6.82. The number of nitrogens with one attached hydrogen (secondary N) is 1. The molecule has 0 aromatic heterocycles. The molecule has 0 spiro atoms. The molecule has 6 nitrogen and oxygen atoms in total. The smallest absolute Gasteiger partial charge is 0.349 e. The van der Waals surface area contributed by atoms with Crippen LogP contribution in [0.5, 0.6) is 0 Å². The molecule has 1 aromatic carbocycles. The molecule has 0 saturated heterocycles. The van der Waals surface area contributed by atoms with E-state index in [4.69, 9.17) is 11.6 Å². The fraction of sp³-hybridized carbons (Fsp3) is 0.368. The van der Waals surface area contributed by atoms with E-state index in [1.165, 1.54) is 21.2 Å². The highest BCUT2D eigenvalue weighted by Gasteiger charge is 2.49. The van der Waals surface area contributed by atoms with Crippen molar-refractivity contribution in [2.24, 2.45) is 5.92 Å². The Bertz CT molecular complexity index is 850. The average Bonchev–Trinajstić information content (AvgIpc) is 3.11. The SMILES string of the molecule is CC(C)CN1C(=O)C2SC=CC2=[N+](CC(=O)NCc2ccccc2Cl)C1=O. The number of imide groups is 1. The van der Waals surface area contributed by atoms with Gasteiger partial charge in [0, 0.05) is 11.6 Å². The van der Waals surface area contributed by atoms with Crippen molar-refractivity contribution < 1.29 is 19.0 Å². The van der Waals surface area contributed by atoms with E-state index < -0.39 is 11.3 Å². The molecule has 142 valence electrons. The van der Waals surface area contributed by atoms with Gasteiger partial charge in [-0.3, -0.25) is 4.79 Å². The number of carbonyl (C=O) groups excluding carboxylic acids is 3. The maximum absolute atomic E-state index is 12.8. The van der Waals surface area contributed by atoms with Crippen molar-refractivity contribution in [3.05, 3.63) is 46.3 Å². The molecule has 27 heavy (non-hydrogen) atoms. The third kappa shape index (κ3) is 4.25. The van der Waals surface area contributed by atoms with Gasteiger partial charge in [-0.15, -0.1) is 11.8 Å². The van der Waals surface area contributed by atoms with E-state index >= 15 is 0 Å². The second-order valence-corrected chi connectivity index (χ2v) is 8.25. The number of urea groups is 1. The van der Waals surface area contributed by atoms with Gasteiger partial charge in [-0.05, 0) is 29.0 Å². The summed E-state index contributed by atoms with van der Waals surface area (Å²) in [5, 5.41) is 4.69. The predicted molar refractivity (Wildman–Crippen MR) is 106 cm³/mol. The van der Waals surface area contributed by atoms with Crippen molar-refractivity contribution in [3.8, 4) is 0 Å². The number of hydrogen-bond acceptors (Lipinski definition) is 4. The molecule has 4 amide bonds. The van der Waals surface area contributed by atoms with Gasteiger partial charge in [-0.2, -0.15) is 14.3 Å². The molecule has 0 saturated carbocycles. The summed E-state index contributed by atoms with van der Waals surface area (Å²) < 4.78 is 1.40. The minimum absolute atomic E-state index is 0.137. The number of halogens is 1. The highest BCUT2D eigenvalue weighted by Crippen LogP contribution is 2.28. The van der Waals surface area contributed by atoms with Crippen LogP contribution in [-0.2, 0) is 16.1 Å². The normalized spacial score (nSPS) is 19.1. The van der Waals surface area contributed by atoms with E-state index in [1.54, 1.807) is 17.6 Å². The summed E-state index contributed by atoms with van der Waals surface area (Å²) in [6.07, 6.45) is 1.74. The summed E-state index contributed by atoms with van der Waals surface area (Å²) in [4.78, 5) is 39.2. The third-order valence-electron chi connectivity index (χ3n) is 4.27. The lowest BCUT2D eigenvalue weighted by atomic mass is 10.1. The first-order valence-corrected chi connectivity index (χ1v) is 10.0. The van der Waals surface area contributed by atoms with Crippen LogP contribution in [0.2, 0.25) is 5.02 Å². The first kappa shape index (κ1) is 19.6. The van der Waals surface area contributed by atoms with Crippen LogP contribution in [0.4, 0.5) is 4.79 Å². The lowest BCUT2D eigenvalue weighted by Crippen LogP contribution is -2.57. The van der Waals surface area contributed by atoms with Crippen molar-refractivity contribution in [1.29, 1.82) is 0 Å². The number of rotatable bonds is 6. The Morgan fingerprint density at radius 3 is 2.78 bits per heavy atom. The van der Waals surface area contributed by atoms with Gasteiger partial charge in [0.1, 0.15) is 5.71 Å². The van der Waals surface area contributed by atoms with E-state index in [2.05, 4.69) is 5.32 Å². The van der Waals surface area contributed by atoms with Crippen LogP contribution in [0.3, 0.4) is 0 Å². The van der Waals surface area contributed by atoms with Crippen molar-refractivity contribution in [2.75, 3.05) is 13.1 Å². The zero-order valence-electron chi connectivity index (χ0n) is 15.1. The average molecular weight is 407 g/mol. The fourth-order valence-corrected chi connectivity index (χ4v) is 4.15. The van der Waals surface area contributed by atoms with Crippen LogP contribution in [0.25, 0.3) is 0 Å². The van der Waals surface area contributed by atoms with Crippen molar-refractivity contribution in [1.82, 2.24) is 10.2 Å². The van der Waals surface area contributed by atoms with Crippen LogP contribution in [-0.4, -0.2) is 51.4 Å². The second kappa shape index (κ2) is 8.27. The number of benzene rings is 1. The summed E-state index contributed by atoms with van der Waals surface area (Å²) in [6, 6.07) is 6.81. The highest BCUT2D eigenvalue weighted by atomic mass is 35.5. The quantitative estimate of drug-likeness (QED) is 0.737. The minimum atomic E-state index is -0.460. The zero-order valence-corrected chi connectivity index (χ0v) is 16.7. The molecular formula is C19H21ClN3O3S+. The molecule has 1 unspecified atom stereocenters. The topological polar surface area (TPSA) is 69.5 Å². The van der Waals surface area contributed by atoms with E-state index in [0.29, 0.717) is 17.3 Å². The molecule has 0 fully saturated rings. The van der Waals surface area contributed by atoms with Gasteiger partial charge in [0.05, 0.1) is 6.54 Å². The van der Waals surface area contributed by atoms with Crippen LogP contribution in [0.1, 0.15) is 19.4 Å². The molecular weight excluding hydrogens is 386 g/mol. The summed E-state index contributed by atoms with van der Waals surface area (Å²) >= 11 is 7.46. The van der Waals surface area contributed by atoms with Crippen LogP contribution < -0.4 is 5.32 Å². The number of allylic oxidation sites excluding steroid dienone is 1. The van der Waals surface area contributed by atoms with Crippen molar-refractivity contribution >= 4 is 46.9 Å². The fourth-order valence-electron chi connectivity index (χ4n) is 2.98. The van der Waals surface area contributed by atoms with E-state index in [9.17, 15) is 14.4 Å². The zero-order chi connectivity index (χ0) is 19.6. The molecule has 1 atom stereocenters. The Balaban J connectivity index is 1.75. The standard InChI is InChI=1S/C19H20ClN3O3S/c1-12(2)10-23-18(25)17-15(7-8-27-17)22(19(23)26)11-16(24)21-9-13-5-3-4-6-14(13)20/h3-8,12,17H,9-11H2,1-2H3/p+1. The van der Waals surface area contributed by atoms with Crippen LogP contribution >= 0.6 is 23.4 Å². The summed E-state index contributed by atoms with van der Waals surface area (Å²) in [5.74, 6) is -0.375. The summed E-state index contributed by atoms with van der Waals surface area (Å²) in [6.45, 7) is 4.36. The maximum atomic E-state index is 12.8. The molecule has 2 aliphatic heterocycles. The highest BCUT2D eigenvalue weighted by molar-refractivity contribution is 8.04. The lowest BCUT2D eigenvalue weighted by molar-refractivity contribution is -0.426. The first-order valence-electron chi connectivity index (χ1n) is 8.70. The molecule has 3 rings (SSSR count). The Morgan fingerprint density at radius 1 is 1.33 bits per heavy atom. The van der Waals surface area contributed by atoms with Crippen LogP contribution in [0.15, 0.2) is 35.7 Å². The van der Waals surface area contributed by atoms with Gasteiger partial charge in [0.15, 0.2) is 11.8 Å². The predicted octanol–water partition coefficient (Wildman–Crippen LogP) is 2.66. The van der Waals surface area contributed by atoms with Gasteiger partial charge >= 0.3 is 11.9 Å². The maximum Gasteiger partial charge on any atom is 0.501 e. The Kier molecular flexibility index (Phi) is 6.01. The third-order valence-corrected chi connectivity index (χ3v) is 5.65. The summed E-state index contributed by atoms with van der Waals surface area (Å²) in [5.41, 5.74) is 1.37. The molecule has 0 aliphatic carbocycles. The monoisotopic (exact) mass is 406 g/mol. The largest absolute Gasteiger partial charge is 0.501 e. The van der Waals surface area contributed by atoms with E-state index in [1.807, 2.05) is 32.0 Å². The summed E-state index contributed by atoms with van der Waals surface area (Å²) in [7, 11) is 0. The van der Waals surface area contributed by atoms with Crippen molar-refractivity contribution in [2.45, 2.75) is 25.6 Å². The molecule has 0 bridgehead atoms. The number of nitrogens with zero attached hydrogens (tertiary/aromatic N) is 2. The van der Waals surface area contributed by atoms with Gasteiger partial charge in [-0.25, -0.2) is 4.79 Å². The Labute approximate surface area is 167 Å². The van der Waals surface area contributed by atoms with Gasteiger partial charge in [0.25, 0.3) is 5.91 Å². The molecule has 2 aliphatic rings. The number of carbonyl (C=O) groups is 3. The van der Waals surface area contributed by atoms with Crippen LogP contribution in [0, 0.1) is 5.92 Å². The molecule has 2 heterocycles. The lowest BCUT2D eigenvalue weighted by Gasteiger charge is -2.25. The Morgan fingerprint density at radius 2 is 2.07 bits per heavy atom. The molecule has 1 N–H and O–H groups in total. The van der Waals surface area contributed by atoms with Gasteiger partial charge in [0.2, 0.25) is 0 Å². The van der Waals surface area contributed by atoms with E-state index in [-0.39, 0.29) is 30.8 Å². The minimum Gasteiger partial charge on any atom is -0.349 e. The number of thioether (sulfide) groups is 1. The molecule has 1 aromatic rings. The number of hydrogen-bond donors (Lipinski definition) is 1. The molecule has 0 radical (unpaired) electrons. The number of fused-ring (bicyclic) bond motifs is 1. The van der Waals surface area contributed by atoms with Gasteiger partial charge < -0.3 is 5.32 Å². The van der Waals surface area contributed by atoms with Gasteiger partial charge in [-0.1, -0.05) is 43.6 Å². The Hall–Kier alpha value is -2.12. The molecule has 8 heteroatoms. The first-order chi connectivity index (χ1) is 12.9.